The molecule has 25 nitrogen and oxygen atoms in total. The lowest BCUT2D eigenvalue weighted by Crippen LogP contribution is -2.70. The van der Waals surface area contributed by atoms with E-state index in [1.54, 1.807) is 0 Å². The quantitative estimate of drug-likeness (QED) is 0.0117. The summed E-state index contributed by atoms with van der Waals surface area (Å²) in [5, 5.41) is 102. The van der Waals surface area contributed by atoms with Crippen LogP contribution in [0.15, 0.2) is 0 Å². The number of unbranched alkanes of at least 4 members (excludes halogenated alkanes) is 50. The Morgan fingerprint density at radius 3 is 0.965 bits per heavy atom. The number of carbonyl (C=O) groups is 4. The number of carbonyl (C=O) groups excluding carboxylic acids is 4. The minimum atomic E-state index is -5.80. The van der Waals surface area contributed by atoms with Crippen molar-refractivity contribution in [3.05, 3.63) is 0 Å². The molecule has 1 saturated carbocycles. The number of aliphatic hydroxyl groups excluding tert-OH is 9. The van der Waals surface area contributed by atoms with E-state index >= 15 is 0 Å². The number of rotatable bonds is 74. The summed E-state index contributed by atoms with van der Waals surface area (Å²) in [6.45, 7) is 5.60. The highest BCUT2D eigenvalue weighted by Crippen LogP contribution is 2.49. The summed E-state index contributed by atoms with van der Waals surface area (Å²) >= 11 is 0. The maximum atomic E-state index is 14.9. The average Bonchev–Trinajstić information content (AvgIpc) is 0.753. The van der Waals surface area contributed by atoms with E-state index in [1.807, 2.05) is 0 Å². The number of aliphatic hydroxyl groups is 9. The van der Waals surface area contributed by atoms with Crippen molar-refractivity contribution in [1.29, 1.82) is 0 Å². The topological polar surface area (TPSA) is 380 Å². The number of hydrogen-bond acceptors (Lipinski definition) is 24. The van der Waals surface area contributed by atoms with Gasteiger partial charge in [-0.05, 0) is 25.7 Å². The lowest BCUT2D eigenvalue weighted by Gasteiger charge is -2.50. The maximum Gasteiger partial charge on any atom is 0.472 e. The van der Waals surface area contributed by atoms with Crippen LogP contribution in [-0.4, -0.2) is 205 Å². The monoisotopic (exact) mass is 1640 g/mol. The zero-order chi connectivity index (χ0) is 82.5. The van der Waals surface area contributed by atoms with Crippen LogP contribution < -0.4 is 0 Å². The van der Waals surface area contributed by atoms with Gasteiger partial charge in [0, 0.05) is 25.7 Å². The molecule has 0 aromatic heterocycles. The fraction of sp³-hybridized carbons (Fsp3) is 0.954. The third kappa shape index (κ3) is 47.9. The highest BCUT2D eigenvalue weighted by atomic mass is 31.2. The van der Waals surface area contributed by atoms with Gasteiger partial charge in [0.05, 0.1) is 13.2 Å². The molecule has 0 spiro atoms. The van der Waals surface area contributed by atoms with E-state index < -0.39 is 162 Å². The van der Waals surface area contributed by atoms with E-state index in [0.29, 0.717) is 32.1 Å². The fourth-order valence-corrected chi connectivity index (χ4v) is 16.3. The Balaban J connectivity index is 1.93. The van der Waals surface area contributed by atoms with Gasteiger partial charge < -0.3 is 88.7 Å². The molecular weight excluding hydrogens is 1480 g/mol. The van der Waals surface area contributed by atoms with Crippen molar-refractivity contribution in [1.82, 2.24) is 0 Å². The lowest BCUT2D eigenvalue weighted by atomic mass is 9.84. The zero-order valence-corrected chi connectivity index (χ0v) is 71.6. The van der Waals surface area contributed by atoms with Crippen LogP contribution in [0.4, 0.5) is 0 Å². The summed E-state index contributed by atoms with van der Waals surface area (Å²) in [6, 6.07) is 0. The van der Waals surface area contributed by atoms with Crippen molar-refractivity contribution in [3.63, 3.8) is 0 Å². The molecule has 3 aliphatic rings. The van der Waals surface area contributed by atoms with E-state index in [2.05, 4.69) is 27.7 Å². The summed E-state index contributed by atoms with van der Waals surface area (Å²) in [5.74, 6) is -2.94. The molecule has 3 fully saturated rings. The summed E-state index contributed by atoms with van der Waals surface area (Å²) in [5.41, 5.74) is 0. The molecule has 666 valence electrons. The molecular formula is C87H163O25P. The number of ether oxygens (including phenoxy) is 8. The first kappa shape index (κ1) is 105. The molecule has 2 saturated heterocycles. The van der Waals surface area contributed by atoms with Gasteiger partial charge in [0.1, 0.15) is 92.6 Å². The van der Waals surface area contributed by atoms with Gasteiger partial charge in [0.15, 0.2) is 24.8 Å². The Bertz CT molecular complexity index is 2360. The van der Waals surface area contributed by atoms with E-state index in [9.17, 15) is 74.6 Å². The summed E-state index contributed by atoms with van der Waals surface area (Å²) < 4.78 is 73.3. The third-order valence-corrected chi connectivity index (χ3v) is 23.6. The van der Waals surface area contributed by atoms with E-state index in [0.717, 1.165) is 128 Å². The highest BCUT2D eigenvalue weighted by molar-refractivity contribution is 7.47. The van der Waals surface area contributed by atoms with Gasteiger partial charge >= 0.3 is 31.7 Å². The van der Waals surface area contributed by atoms with Crippen LogP contribution in [0.3, 0.4) is 0 Å². The molecule has 2 aliphatic heterocycles. The van der Waals surface area contributed by atoms with Gasteiger partial charge in [0.2, 0.25) is 0 Å². The number of phosphoric acid groups is 1. The standard InChI is InChI=1S/C87H163O25P/c1-5-9-13-17-21-25-29-33-34-38-42-46-50-54-58-62-73(92)109-82-78(97)79(98)83(110-86-80(99)76(95)74(93)68(63-88)107-86)85(84(82)111-87-81(100)77(96)75(94)69(108-87)66-104-71(90)60-56-52-48-44-40-36-31-27-23-19-15-11-7-3)112-113(101,102)105-65-67(106-72(91)61-57-53-49-45-41-37-32-28-24-20-16-12-8-4)64-103-70(89)59-55-51-47-43-39-35-30-26-22-18-14-10-6-2/h67-69,74-88,93-100H,5-66H2,1-4H3,(H,101,102). The SMILES string of the molecule is CCCCCCCCCCCCCCCCCC(=O)OC1C(O)C(O)C(OC2OC(CO)C(O)C(O)C2O)C(OP(=O)(O)OCC(COC(=O)CCCCCCCCCCCCCCC)OC(=O)CCCCCCCCCCCCCCC)C1OC1OC(COC(=O)CCCCCCCCCCCCCCC)C(O)C(O)C1O. The van der Waals surface area contributed by atoms with Gasteiger partial charge in [-0.3, -0.25) is 28.2 Å². The molecule has 0 aromatic carbocycles. The summed E-state index contributed by atoms with van der Waals surface area (Å²) in [7, 11) is -5.80. The molecule has 18 atom stereocenters. The molecule has 1 aliphatic carbocycles. The van der Waals surface area contributed by atoms with Crippen molar-refractivity contribution in [2.75, 3.05) is 26.4 Å². The van der Waals surface area contributed by atoms with E-state index in [4.69, 9.17) is 46.9 Å². The van der Waals surface area contributed by atoms with Crippen molar-refractivity contribution in [3.8, 4) is 0 Å². The Hall–Kier alpha value is -2.53. The Morgan fingerprint density at radius 1 is 0.319 bits per heavy atom. The van der Waals surface area contributed by atoms with Crippen molar-refractivity contribution >= 4 is 31.7 Å². The van der Waals surface area contributed by atoms with Crippen LogP contribution in [0.5, 0.6) is 0 Å². The van der Waals surface area contributed by atoms with E-state index in [-0.39, 0.29) is 25.7 Å². The van der Waals surface area contributed by atoms with Crippen LogP contribution >= 0.6 is 7.82 Å². The molecule has 0 bridgehead atoms. The van der Waals surface area contributed by atoms with Gasteiger partial charge in [-0.15, -0.1) is 0 Å². The molecule has 113 heavy (non-hydrogen) atoms. The molecule has 0 amide bonds. The maximum absolute atomic E-state index is 14.9. The van der Waals surface area contributed by atoms with Gasteiger partial charge in [0.25, 0.3) is 0 Å². The van der Waals surface area contributed by atoms with Crippen molar-refractivity contribution < 1.29 is 122 Å². The normalized spacial score (nSPS) is 25.4. The van der Waals surface area contributed by atoms with Gasteiger partial charge in [-0.1, -0.05) is 349 Å². The third-order valence-electron chi connectivity index (χ3n) is 22.6. The number of phosphoric ester groups is 1. The van der Waals surface area contributed by atoms with Gasteiger partial charge in [-0.25, -0.2) is 4.57 Å². The molecule has 18 unspecified atom stereocenters. The number of hydrogen-bond donors (Lipinski definition) is 10. The Kier molecular flexibility index (Phi) is 62.2. The Labute approximate surface area is 680 Å². The van der Waals surface area contributed by atoms with Crippen molar-refractivity contribution in [2.24, 2.45) is 0 Å². The number of esters is 4. The smallest absolute Gasteiger partial charge is 0.463 e. The van der Waals surface area contributed by atoms with Crippen LogP contribution in [0, 0.1) is 0 Å². The Morgan fingerprint density at radius 2 is 0.611 bits per heavy atom. The minimum absolute atomic E-state index is 0.0198. The fourth-order valence-electron chi connectivity index (χ4n) is 15.3. The first-order valence-electron chi connectivity index (χ1n) is 45.8. The van der Waals surface area contributed by atoms with Crippen molar-refractivity contribution in [2.45, 2.75) is 504 Å². The molecule has 0 radical (unpaired) electrons. The molecule has 0 aromatic rings. The van der Waals surface area contributed by atoms with Crippen LogP contribution in [0.2, 0.25) is 0 Å². The molecule has 10 N–H and O–H groups in total. The first-order valence-corrected chi connectivity index (χ1v) is 47.3. The molecule has 26 heteroatoms. The minimum Gasteiger partial charge on any atom is -0.463 e. The van der Waals surface area contributed by atoms with Gasteiger partial charge in [-0.2, -0.15) is 0 Å². The highest BCUT2D eigenvalue weighted by Gasteiger charge is 2.60. The molecule has 2 heterocycles. The van der Waals surface area contributed by atoms with E-state index in [1.165, 1.54) is 186 Å². The zero-order valence-electron chi connectivity index (χ0n) is 70.7. The van der Waals surface area contributed by atoms with Crippen LogP contribution in [0.25, 0.3) is 0 Å². The first-order chi connectivity index (χ1) is 54.7. The second-order valence-corrected chi connectivity index (χ2v) is 34.2. The molecule has 3 rings (SSSR count). The summed E-state index contributed by atoms with van der Waals surface area (Å²) in [4.78, 5) is 66.3. The summed E-state index contributed by atoms with van der Waals surface area (Å²) in [6.07, 6.45) is 22.5. The second-order valence-electron chi connectivity index (χ2n) is 32.8. The largest absolute Gasteiger partial charge is 0.472 e. The predicted molar refractivity (Wildman–Crippen MR) is 435 cm³/mol. The second kappa shape index (κ2) is 67.2. The van der Waals surface area contributed by atoms with Crippen LogP contribution in [0.1, 0.15) is 400 Å². The lowest BCUT2D eigenvalue weighted by molar-refractivity contribution is -0.360. The van der Waals surface area contributed by atoms with Crippen LogP contribution in [-0.2, 0) is 70.7 Å². The predicted octanol–water partition coefficient (Wildman–Crippen LogP) is 16.2. The average molecular weight is 1640 g/mol.